The van der Waals surface area contributed by atoms with E-state index in [-0.39, 0.29) is 4.21 Å². The van der Waals surface area contributed by atoms with Gasteiger partial charge in [-0.2, -0.15) is 0 Å². The van der Waals surface area contributed by atoms with Gasteiger partial charge in [-0.3, -0.25) is 4.72 Å². The Hall–Kier alpha value is -1.09. The Labute approximate surface area is 136 Å². The van der Waals surface area contributed by atoms with E-state index >= 15 is 0 Å². The molecule has 114 valence electrons. The van der Waals surface area contributed by atoms with Crippen LogP contribution in [0.15, 0.2) is 38.3 Å². The Kier molecular flexibility index (Phi) is 5.26. The van der Waals surface area contributed by atoms with Crippen LogP contribution >= 0.6 is 27.3 Å². The van der Waals surface area contributed by atoms with Gasteiger partial charge in [0.05, 0.1) is 12.8 Å². The summed E-state index contributed by atoms with van der Waals surface area (Å²) in [5, 5.41) is 4.81. The van der Waals surface area contributed by atoms with Crippen molar-refractivity contribution in [2.45, 2.75) is 10.8 Å². The van der Waals surface area contributed by atoms with Crippen LogP contribution in [-0.2, 0) is 16.6 Å². The summed E-state index contributed by atoms with van der Waals surface area (Å²) < 4.78 is 33.6. The lowest BCUT2D eigenvalue weighted by Gasteiger charge is -2.11. The molecule has 0 radical (unpaired) electrons. The molecule has 1 aromatic heterocycles. The number of ether oxygens (including phenoxy) is 1. The largest absolute Gasteiger partial charge is 0.495 e. The Morgan fingerprint density at radius 1 is 1.33 bits per heavy atom. The van der Waals surface area contributed by atoms with Crippen LogP contribution in [0.4, 0.5) is 5.69 Å². The minimum Gasteiger partial charge on any atom is -0.495 e. The molecular weight excluding hydrogens is 376 g/mol. The average molecular weight is 391 g/mol. The number of nitrogens with one attached hydrogen (secondary N) is 2. The van der Waals surface area contributed by atoms with Crippen LogP contribution in [0.2, 0.25) is 0 Å². The molecule has 0 atom stereocenters. The highest BCUT2D eigenvalue weighted by molar-refractivity contribution is 9.10. The van der Waals surface area contributed by atoms with Crippen molar-refractivity contribution in [2.24, 2.45) is 0 Å². The second-order valence-electron chi connectivity index (χ2n) is 4.25. The molecule has 0 aliphatic carbocycles. The molecule has 2 rings (SSSR count). The topological polar surface area (TPSA) is 67.4 Å². The van der Waals surface area contributed by atoms with E-state index in [0.717, 1.165) is 10.0 Å². The zero-order valence-corrected chi connectivity index (χ0v) is 14.7. The van der Waals surface area contributed by atoms with Crippen LogP contribution < -0.4 is 14.8 Å². The molecule has 2 N–H and O–H groups in total. The van der Waals surface area contributed by atoms with Crippen molar-refractivity contribution < 1.29 is 13.2 Å². The summed E-state index contributed by atoms with van der Waals surface area (Å²) in [4.78, 5) is 0. The molecule has 0 unspecified atom stereocenters. The zero-order chi connectivity index (χ0) is 15.5. The number of halogens is 1. The number of hydrogen-bond acceptors (Lipinski definition) is 5. The van der Waals surface area contributed by atoms with Gasteiger partial charge in [-0.05, 0) is 42.3 Å². The highest BCUT2D eigenvalue weighted by Gasteiger charge is 2.19. The van der Waals surface area contributed by atoms with Gasteiger partial charge in [0, 0.05) is 11.0 Å². The summed E-state index contributed by atoms with van der Waals surface area (Å²) in [6, 6.07) is 6.81. The number of rotatable bonds is 6. The molecule has 0 amide bonds. The van der Waals surface area contributed by atoms with Crippen LogP contribution in [0.5, 0.6) is 5.75 Å². The SMILES string of the molecule is CNCc1csc(S(=O)(=O)Nc2cc(Br)ccc2OC)c1. The average Bonchev–Trinajstić information content (AvgIpc) is 2.88. The fourth-order valence-corrected chi connectivity index (χ4v) is 4.38. The molecule has 8 heteroatoms. The Morgan fingerprint density at radius 2 is 2.10 bits per heavy atom. The van der Waals surface area contributed by atoms with Crippen LogP contribution in [0.1, 0.15) is 5.56 Å². The number of hydrogen-bond donors (Lipinski definition) is 2. The maximum atomic E-state index is 12.4. The lowest BCUT2D eigenvalue weighted by atomic mass is 10.3. The normalized spacial score (nSPS) is 11.4. The van der Waals surface area contributed by atoms with Gasteiger partial charge in [-0.25, -0.2) is 8.42 Å². The summed E-state index contributed by atoms with van der Waals surface area (Å²) in [6.07, 6.45) is 0. The fraction of sp³-hybridized carbons (Fsp3) is 0.231. The van der Waals surface area contributed by atoms with E-state index in [1.54, 1.807) is 24.3 Å². The van der Waals surface area contributed by atoms with Crippen molar-refractivity contribution in [3.63, 3.8) is 0 Å². The van der Waals surface area contributed by atoms with Crippen molar-refractivity contribution >= 4 is 43.0 Å². The lowest BCUT2D eigenvalue weighted by molar-refractivity contribution is 0.417. The molecule has 21 heavy (non-hydrogen) atoms. The van der Waals surface area contributed by atoms with E-state index < -0.39 is 10.0 Å². The van der Waals surface area contributed by atoms with E-state index in [4.69, 9.17) is 4.74 Å². The number of anilines is 1. The van der Waals surface area contributed by atoms with Gasteiger partial charge < -0.3 is 10.1 Å². The number of thiophene rings is 1. The monoisotopic (exact) mass is 390 g/mol. The molecule has 1 heterocycles. The third-order valence-electron chi connectivity index (χ3n) is 2.68. The highest BCUT2D eigenvalue weighted by atomic mass is 79.9. The molecule has 0 bridgehead atoms. The summed E-state index contributed by atoms with van der Waals surface area (Å²) in [7, 11) is -0.307. The summed E-state index contributed by atoms with van der Waals surface area (Å²) in [6.45, 7) is 0.631. The Morgan fingerprint density at radius 3 is 2.76 bits per heavy atom. The van der Waals surface area contributed by atoms with Crippen molar-refractivity contribution in [1.29, 1.82) is 0 Å². The minimum atomic E-state index is -3.62. The van der Waals surface area contributed by atoms with E-state index in [2.05, 4.69) is 26.0 Å². The molecule has 5 nitrogen and oxygen atoms in total. The van der Waals surface area contributed by atoms with E-state index in [9.17, 15) is 8.42 Å². The van der Waals surface area contributed by atoms with Crippen LogP contribution in [0, 0.1) is 0 Å². The van der Waals surface area contributed by atoms with E-state index in [0.29, 0.717) is 18.0 Å². The summed E-state index contributed by atoms with van der Waals surface area (Å²) in [5.41, 5.74) is 1.33. The van der Waals surface area contributed by atoms with Crippen LogP contribution in [0.3, 0.4) is 0 Å². The maximum Gasteiger partial charge on any atom is 0.271 e. The van der Waals surface area contributed by atoms with Gasteiger partial charge in [0.25, 0.3) is 10.0 Å². The second-order valence-corrected chi connectivity index (χ2v) is 7.99. The summed E-state index contributed by atoms with van der Waals surface area (Å²) in [5.74, 6) is 0.466. The van der Waals surface area contributed by atoms with Crippen molar-refractivity contribution in [3.05, 3.63) is 39.7 Å². The lowest BCUT2D eigenvalue weighted by Crippen LogP contribution is -2.12. The van der Waals surface area contributed by atoms with E-state index in [1.807, 2.05) is 12.4 Å². The zero-order valence-electron chi connectivity index (χ0n) is 11.5. The fourth-order valence-electron chi connectivity index (χ4n) is 1.75. The molecule has 1 aromatic carbocycles. The first kappa shape index (κ1) is 16.3. The first-order valence-corrected chi connectivity index (χ1v) is 9.20. The summed E-state index contributed by atoms with van der Waals surface area (Å²) >= 11 is 4.51. The Balaban J connectivity index is 2.30. The molecule has 2 aromatic rings. The van der Waals surface area contributed by atoms with Gasteiger partial charge in [-0.15, -0.1) is 11.3 Å². The number of sulfonamides is 1. The van der Waals surface area contributed by atoms with Gasteiger partial charge in [0.2, 0.25) is 0 Å². The first-order chi connectivity index (χ1) is 9.96. The molecule has 0 saturated carbocycles. The number of methoxy groups -OCH3 is 1. The number of benzene rings is 1. The van der Waals surface area contributed by atoms with Crippen molar-refractivity contribution in [2.75, 3.05) is 18.9 Å². The van der Waals surface area contributed by atoms with Gasteiger partial charge >= 0.3 is 0 Å². The highest BCUT2D eigenvalue weighted by Crippen LogP contribution is 2.31. The van der Waals surface area contributed by atoms with Gasteiger partial charge in [-0.1, -0.05) is 15.9 Å². The third-order valence-corrected chi connectivity index (χ3v) is 6.03. The van der Waals surface area contributed by atoms with E-state index in [1.165, 1.54) is 18.4 Å². The maximum absolute atomic E-state index is 12.4. The molecule has 0 spiro atoms. The standard InChI is InChI=1S/C13H15BrN2O3S2/c1-15-7-9-5-13(20-8-9)21(17,18)16-11-6-10(14)3-4-12(11)19-2/h3-6,8,15-16H,7H2,1-2H3. The molecule has 0 fully saturated rings. The van der Waals surface area contributed by atoms with Gasteiger partial charge in [0.15, 0.2) is 0 Å². The minimum absolute atomic E-state index is 0.273. The van der Waals surface area contributed by atoms with Crippen molar-refractivity contribution in [1.82, 2.24) is 5.32 Å². The molecule has 0 aliphatic rings. The predicted octanol–water partition coefficient (Wildman–Crippen LogP) is 3.04. The molecular formula is C13H15BrN2O3S2. The van der Waals surface area contributed by atoms with Crippen LogP contribution in [0.25, 0.3) is 0 Å². The predicted molar refractivity (Wildman–Crippen MR) is 88.6 cm³/mol. The third kappa shape index (κ3) is 3.97. The quantitative estimate of drug-likeness (QED) is 0.795. The van der Waals surface area contributed by atoms with Crippen molar-refractivity contribution in [3.8, 4) is 5.75 Å². The first-order valence-electron chi connectivity index (χ1n) is 6.04. The van der Waals surface area contributed by atoms with Crippen LogP contribution in [-0.4, -0.2) is 22.6 Å². The second kappa shape index (κ2) is 6.78. The van der Waals surface area contributed by atoms with Gasteiger partial charge in [0.1, 0.15) is 9.96 Å². The smallest absolute Gasteiger partial charge is 0.271 e. The Bertz CT molecular complexity index is 729. The molecule has 0 saturated heterocycles. The molecule has 0 aliphatic heterocycles.